The third-order valence-electron chi connectivity index (χ3n) is 2.48. The number of nitrogens with zero attached hydrogens (tertiary/aromatic N) is 1. The second kappa shape index (κ2) is 7.82. The molecule has 1 aromatic rings. The van der Waals surface area contributed by atoms with E-state index in [0.29, 0.717) is 24.5 Å². The number of rotatable bonds is 6. The third-order valence-corrected chi connectivity index (χ3v) is 2.48. The summed E-state index contributed by atoms with van der Waals surface area (Å²) >= 11 is 0. The zero-order valence-electron chi connectivity index (χ0n) is 11.0. The fourth-order valence-electron chi connectivity index (χ4n) is 1.54. The molecule has 0 unspecified atom stereocenters. The summed E-state index contributed by atoms with van der Waals surface area (Å²) in [5, 5.41) is 13.4. The van der Waals surface area contributed by atoms with Gasteiger partial charge in [-0.15, -0.1) is 0 Å². The van der Waals surface area contributed by atoms with Crippen LogP contribution in [0.1, 0.15) is 5.56 Å². The monoisotopic (exact) mass is 263 g/mol. The summed E-state index contributed by atoms with van der Waals surface area (Å²) in [7, 11) is 3.16. The Hall–Kier alpha value is -2.42. The number of carbonyl (C=O) groups is 1. The molecule has 102 valence electrons. The summed E-state index contributed by atoms with van der Waals surface area (Å²) in [5.41, 5.74) is 1.03. The second-order valence-electron chi connectivity index (χ2n) is 3.71. The van der Waals surface area contributed by atoms with Crippen molar-refractivity contribution in [3.8, 4) is 17.6 Å². The van der Waals surface area contributed by atoms with Gasteiger partial charge >= 0.3 is 6.03 Å². The quantitative estimate of drug-likeness (QED) is 0.752. The van der Waals surface area contributed by atoms with Crippen LogP contribution in [0.4, 0.5) is 4.79 Å². The van der Waals surface area contributed by atoms with Crippen LogP contribution in [-0.2, 0) is 6.42 Å². The van der Waals surface area contributed by atoms with Crippen LogP contribution in [0, 0.1) is 11.3 Å². The molecule has 0 aliphatic rings. The Morgan fingerprint density at radius 1 is 1.26 bits per heavy atom. The van der Waals surface area contributed by atoms with Crippen molar-refractivity contribution in [1.82, 2.24) is 10.6 Å². The maximum absolute atomic E-state index is 11.2. The van der Waals surface area contributed by atoms with Crippen molar-refractivity contribution in [2.75, 3.05) is 27.3 Å². The Morgan fingerprint density at radius 3 is 2.63 bits per heavy atom. The highest BCUT2D eigenvalue weighted by Crippen LogP contribution is 2.27. The van der Waals surface area contributed by atoms with Crippen LogP contribution >= 0.6 is 0 Å². The van der Waals surface area contributed by atoms with Crippen LogP contribution in [0.2, 0.25) is 0 Å². The van der Waals surface area contributed by atoms with Gasteiger partial charge in [-0.3, -0.25) is 0 Å². The molecule has 0 saturated heterocycles. The molecular weight excluding hydrogens is 246 g/mol. The average Bonchev–Trinajstić information content (AvgIpc) is 2.44. The minimum Gasteiger partial charge on any atom is -0.493 e. The topological polar surface area (TPSA) is 83.4 Å². The number of urea groups is 1. The van der Waals surface area contributed by atoms with E-state index in [0.717, 1.165) is 5.56 Å². The summed E-state index contributed by atoms with van der Waals surface area (Å²) in [6.45, 7) is 0.481. The minimum atomic E-state index is -0.345. The maximum atomic E-state index is 11.2. The number of hydrogen-bond donors (Lipinski definition) is 2. The zero-order chi connectivity index (χ0) is 14.1. The van der Waals surface area contributed by atoms with Crippen molar-refractivity contribution in [2.24, 2.45) is 0 Å². The Bertz CT molecular complexity index is 469. The number of nitriles is 1. The lowest BCUT2D eigenvalue weighted by atomic mass is 10.1. The van der Waals surface area contributed by atoms with Gasteiger partial charge in [-0.05, 0) is 24.1 Å². The van der Waals surface area contributed by atoms with Gasteiger partial charge in [-0.25, -0.2) is 4.79 Å². The molecule has 19 heavy (non-hydrogen) atoms. The van der Waals surface area contributed by atoms with E-state index in [2.05, 4.69) is 10.6 Å². The molecule has 0 saturated carbocycles. The predicted octanol–water partition coefficient (Wildman–Crippen LogP) is 1.07. The fourth-order valence-corrected chi connectivity index (χ4v) is 1.54. The second-order valence-corrected chi connectivity index (χ2v) is 3.71. The van der Waals surface area contributed by atoms with Gasteiger partial charge in [0.1, 0.15) is 6.54 Å². The molecule has 2 amide bonds. The van der Waals surface area contributed by atoms with Crippen molar-refractivity contribution >= 4 is 6.03 Å². The average molecular weight is 263 g/mol. The number of hydrogen-bond acceptors (Lipinski definition) is 4. The summed E-state index contributed by atoms with van der Waals surface area (Å²) in [6.07, 6.45) is 0.667. The number of carbonyl (C=O) groups excluding carboxylic acids is 1. The van der Waals surface area contributed by atoms with E-state index in [-0.39, 0.29) is 12.6 Å². The highest BCUT2D eigenvalue weighted by atomic mass is 16.5. The Balaban J connectivity index is 2.46. The summed E-state index contributed by atoms with van der Waals surface area (Å²) in [4.78, 5) is 11.2. The van der Waals surface area contributed by atoms with Gasteiger partial charge in [0.2, 0.25) is 0 Å². The normalized spacial score (nSPS) is 9.32. The summed E-state index contributed by atoms with van der Waals surface area (Å²) in [5.74, 6) is 1.33. The first-order chi connectivity index (χ1) is 9.21. The van der Waals surface area contributed by atoms with Crippen LogP contribution in [0.15, 0.2) is 18.2 Å². The Morgan fingerprint density at radius 2 is 2.00 bits per heavy atom. The molecule has 0 aliphatic heterocycles. The van der Waals surface area contributed by atoms with Gasteiger partial charge in [0, 0.05) is 6.54 Å². The number of nitrogens with one attached hydrogen (secondary N) is 2. The van der Waals surface area contributed by atoms with Gasteiger partial charge in [0.15, 0.2) is 11.5 Å². The standard InChI is InChI=1S/C13H17N3O3/c1-18-11-4-3-10(9-12(11)19-2)5-7-15-13(17)16-8-6-14/h3-4,9H,5,7-8H2,1-2H3,(H2,15,16,17). The molecule has 6 heteroatoms. The molecule has 0 aromatic heterocycles. The van der Waals surface area contributed by atoms with Crippen LogP contribution < -0.4 is 20.1 Å². The SMILES string of the molecule is COc1ccc(CCNC(=O)NCC#N)cc1OC. The number of benzene rings is 1. The van der Waals surface area contributed by atoms with Crippen LogP contribution in [-0.4, -0.2) is 33.3 Å². The zero-order valence-corrected chi connectivity index (χ0v) is 11.0. The summed E-state index contributed by atoms with van der Waals surface area (Å²) in [6, 6.07) is 7.09. The van der Waals surface area contributed by atoms with Crippen molar-refractivity contribution < 1.29 is 14.3 Å². The van der Waals surface area contributed by atoms with Crippen LogP contribution in [0.5, 0.6) is 11.5 Å². The molecule has 0 radical (unpaired) electrons. The first-order valence-electron chi connectivity index (χ1n) is 5.80. The molecule has 2 N–H and O–H groups in total. The molecule has 0 bridgehead atoms. The van der Waals surface area contributed by atoms with Gasteiger partial charge < -0.3 is 20.1 Å². The highest BCUT2D eigenvalue weighted by Gasteiger charge is 2.05. The minimum absolute atomic E-state index is 0.00217. The van der Waals surface area contributed by atoms with E-state index in [1.165, 1.54) is 0 Å². The number of methoxy groups -OCH3 is 2. The first-order valence-corrected chi connectivity index (χ1v) is 5.80. The smallest absolute Gasteiger partial charge is 0.315 e. The predicted molar refractivity (Wildman–Crippen MR) is 70.3 cm³/mol. The molecule has 1 rings (SSSR count). The van der Waals surface area contributed by atoms with Crippen molar-refractivity contribution in [2.45, 2.75) is 6.42 Å². The van der Waals surface area contributed by atoms with E-state index < -0.39 is 0 Å². The van der Waals surface area contributed by atoms with Crippen molar-refractivity contribution in [3.63, 3.8) is 0 Å². The van der Waals surface area contributed by atoms with Crippen LogP contribution in [0.3, 0.4) is 0 Å². The lowest BCUT2D eigenvalue weighted by molar-refractivity contribution is 0.242. The molecule has 0 aliphatic carbocycles. The lowest BCUT2D eigenvalue weighted by Gasteiger charge is -2.10. The van der Waals surface area contributed by atoms with Crippen molar-refractivity contribution in [1.29, 1.82) is 5.26 Å². The molecule has 0 fully saturated rings. The fraction of sp³-hybridized carbons (Fsp3) is 0.385. The Kier molecular flexibility index (Phi) is 6.03. The van der Waals surface area contributed by atoms with Crippen molar-refractivity contribution in [3.05, 3.63) is 23.8 Å². The highest BCUT2D eigenvalue weighted by molar-refractivity contribution is 5.74. The van der Waals surface area contributed by atoms with Gasteiger partial charge in [-0.1, -0.05) is 6.07 Å². The molecular formula is C13H17N3O3. The van der Waals surface area contributed by atoms with Crippen LogP contribution in [0.25, 0.3) is 0 Å². The van der Waals surface area contributed by atoms with E-state index in [9.17, 15) is 4.79 Å². The number of amides is 2. The molecule has 6 nitrogen and oxygen atoms in total. The van der Waals surface area contributed by atoms with E-state index in [1.807, 2.05) is 24.3 Å². The molecule has 0 atom stereocenters. The number of ether oxygens (including phenoxy) is 2. The molecule has 0 spiro atoms. The van der Waals surface area contributed by atoms with E-state index >= 15 is 0 Å². The molecule has 1 aromatic carbocycles. The third kappa shape index (κ3) is 4.76. The van der Waals surface area contributed by atoms with Gasteiger partial charge in [0.05, 0.1) is 20.3 Å². The molecule has 0 heterocycles. The lowest BCUT2D eigenvalue weighted by Crippen LogP contribution is -2.36. The van der Waals surface area contributed by atoms with Gasteiger partial charge in [-0.2, -0.15) is 5.26 Å². The van der Waals surface area contributed by atoms with Gasteiger partial charge in [0.25, 0.3) is 0 Å². The van der Waals surface area contributed by atoms with E-state index in [4.69, 9.17) is 14.7 Å². The first kappa shape index (κ1) is 14.6. The summed E-state index contributed by atoms with van der Waals surface area (Å²) < 4.78 is 10.3. The largest absolute Gasteiger partial charge is 0.493 e. The maximum Gasteiger partial charge on any atom is 0.315 e. The van der Waals surface area contributed by atoms with E-state index in [1.54, 1.807) is 14.2 Å². The Labute approximate surface area is 112 Å².